The van der Waals surface area contributed by atoms with Gasteiger partial charge in [0.05, 0.1) is 12.1 Å². The molecule has 1 aromatic carbocycles. The maximum atomic E-state index is 6.06. The van der Waals surface area contributed by atoms with Crippen molar-refractivity contribution >= 4 is 11.6 Å². The van der Waals surface area contributed by atoms with E-state index < -0.39 is 0 Å². The standard InChI is InChI=1S/C13H21ClN2O/c1-9(2)12(7-15)16-8-10-4-5-13(17-3)11(14)6-10/h4-6,9,12,16H,7-8,15H2,1-3H3. The molecule has 3 nitrogen and oxygen atoms in total. The fourth-order valence-electron chi connectivity index (χ4n) is 1.66. The van der Waals surface area contributed by atoms with E-state index >= 15 is 0 Å². The largest absolute Gasteiger partial charge is 0.495 e. The van der Waals surface area contributed by atoms with Gasteiger partial charge in [0, 0.05) is 19.1 Å². The van der Waals surface area contributed by atoms with E-state index in [0.29, 0.717) is 29.3 Å². The van der Waals surface area contributed by atoms with E-state index in [0.717, 1.165) is 12.1 Å². The van der Waals surface area contributed by atoms with Gasteiger partial charge in [-0.1, -0.05) is 31.5 Å². The lowest BCUT2D eigenvalue weighted by Gasteiger charge is -2.20. The average Bonchev–Trinajstić information content (AvgIpc) is 2.29. The SMILES string of the molecule is COc1ccc(CNC(CN)C(C)C)cc1Cl. The van der Waals surface area contributed by atoms with Gasteiger partial charge in [-0.05, 0) is 23.6 Å². The van der Waals surface area contributed by atoms with Gasteiger partial charge in [0.2, 0.25) is 0 Å². The summed E-state index contributed by atoms with van der Waals surface area (Å²) in [6.45, 7) is 5.72. The number of hydrogen-bond donors (Lipinski definition) is 2. The van der Waals surface area contributed by atoms with Crippen LogP contribution in [0.2, 0.25) is 5.02 Å². The smallest absolute Gasteiger partial charge is 0.137 e. The highest BCUT2D eigenvalue weighted by Crippen LogP contribution is 2.24. The van der Waals surface area contributed by atoms with Crippen LogP contribution in [0.1, 0.15) is 19.4 Å². The van der Waals surface area contributed by atoms with E-state index in [1.54, 1.807) is 7.11 Å². The number of ether oxygens (including phenoxy) is 1. The minimum Gasteiger partial charge on any atom is -0.495 e. The summed E-state index contributed by atoms with van der Waals surface area (Å²) >= 11 is 6.06. The van der Waals surface area contributed by atoms with Gasteiger partial charge in [-0.3, -0.25) is 0 Å². The third kappa shape index (κ3) is 4.19. The van der Waals surface area contributed by atoms with Crippen LogP contribution in [-0.4, -0.2) is 19.7 Å². The van der Waals surface area contributed by atoms with E-state index in [9.17, 15) is 0 Å². The second-order valence-corrected chi connectivity index (χ2v) is 4.84. The Balaban J connectivity index is 2.60. The predicted molar refractivity (Wildman–Crippen MR) is 72.5 cm³/mol. The molecule has 1 unspecified atom stereocenters. The van der Waals surface area contributed by atoms with Gasteiger partial charge in [0.15, 0.2) is 0 Å². The minimum absolute atomic E-state index is 0.330. The van der Waals surface area contributed by atoms with Crippen molar-refractivity contribution in [2.24, 2.45) is 11.7 Å². The molecule has 1 aromatic rings. The number of nitrogens with one attached hydrogen (secondary N) is 1. The summed E-state index contributed by atoms with van der Waals surface area (Å²) in [5.41, 5.74) is 6.84. The first-order valence-electron chi connectivity index (χ1n) is 5.84. The molecule has 0 saturated carbocycles. The van der Waals surface area contributed by atoms with Crippen LogP contribution in [-0.2, 0) is 6.54 Å². The monoisotopic (exact) mass is 256 g/mol. The first-order chi connectivity index (χ1) is 8.08. The average molecular weight is 257 g/mol. The summed E-state index contributed by atoms with van der Waals surface area (Å²) in [6, 6.07) is 6.13. The zero-order chi connectivity index (χ0) is 12.8. The van der Waals surface area contributed by atoms with E-state index in [2.05, 4.69) is 19.2 Å². The van der Waals surface area contributed by atoms with E-state index in [1.807, 2.05) is 18.2 Å². The molecule has 3 N–H and O–H groups in total. The van der Waals surface area contributed by atoms with Gasteiger partial charge in [-0.25, -0.2) is 0 Å². The quantitative estimate of drug-likeness (QED) is 0.822. The van der Waals surface area contributed by atoms with Gasteiger partial charge < -0.3 is 15.8 Å². The van der Waals surface area contributed by atoms with E-state index in [4.69, 9.17) is 22.1 Å². The number of rotatable bonds is 6. The van der Waals surface area contributed by atoms with Crippen LogP contribution in [0.3, 0.4) is 0 Å². The second-order valence-electron chi connectivity index (χ2n) is 4.44. The topological polar surface area (TPSA) is 47.3 Å². The summed E-state index contributed by atoms with van der Waals surface area (Å²) in [5, 5.41) is 4.06. The first kappa shape index (κ1) is 14.3. The molecule has 0 aliphatic rings. The normalized spacial score (nSPS) is 12.8. The molecule has 0 amide bonds. The third-order valence-corrected chi connectivity index (χ3v) is 3.14. The molecule has 1 rings (SSSR count). The lowest BCUT2D eigenvalue weighted by atomic mass is 10.0. The summed E-state index contributed by atoms with van der Waals surface area (Å²) < 4.78 is 5.11. The zero-order valence-corrected chi connectivity index (χ0v) is 11.4. The van der Waals surface area contributed by atoms with Crippen molar-refractivity contribution in [3.63, 3.8) is 0 Å². The van der Waals surface area contributed by atoms with Crippen LogP contribution in [0, 0.1) is 5.92 Å². The number of benzene rings is 1. The molecular weight excluding hydrogens is 236 g/mol. The molecular formula is C13H21ClN2O. The maximum absolute atomic E-state index is 6.06. The highest BCUT2D eigenvalue weighted by Gasteiger charge is 2.10. The molecule has 0 heterocycles. The summed E-state index contributed by atoms with van der Waals surface area (Å²) in [7, 11) is 1.61. The number of nitrogens with two attached hydrogens (primary N) is 1. The molecule has 0 aliphatic carbocycles. The van der Waals surface area contributed by atoms with Crippen LogP contribution >= 0.6 is 11.6 Å². The Morgan fingerprint density at radius 2 is 2.12 bits per heavy atom. The summed E-state index contributed by atoms with van der Waals surface area (Å²) in [4.78, 5) is 0. The highest BCUT2D eigenvalue weighted by molar-refractivity contribution is 6.32. The fourth-order valence-corrected chi connectivity index (χ4v) is 1.94. The third-order valence-electron chi connectivity index (χ3n) is 2.84. The van der Waals surface area contributed by atoms with Crippen molar-refractivity contribution in [1.29, 1.82) is 0 Å². The maximum Gasteiger partial charge on any atom is 0.137 e. The molecule has 0 radical (unpaired) electrons. The fraction of sp³-hybridized carbons (Fsp3) is 0.538. The molecule has 96 valence electrons. The van der Waals surface area contributed by atoms with E-state index in [-0.39, 0.29) is 0 Å². The molecule has 1 atom stereocenters. The molecule has 0 aliphatic heterocycles. The summed E-state index contributed by atoms with van der Waals surface area (Å²) in [5.74, 6) is 1.23. The molecule has 0 saturated heterocycles. The van der Waals surface area contributed by atoms with Gasteiger partial charge in [0.1, 0.15) is 5.75 Å². The Labute approximate surface area is 108 Å². The number of halogens is 1. The van der Waals surface area contributed by atoms with Crippen LogP contribution in [0.15, 0.2) is 18.2 Å². The highest BCUT2D eigenvalue weighted by atomic mass is 35.5. The van der Waals surface area contributed by atoms with Gasteiger partial charge >= 0.3 is 0 Å². The van der Waals surface area contributed by atoms with Gasteiger partial charge in [-0.2, -0.15) is 0 Å². The van der Waals surface area contributed by atoms with Crippen LogP contribution in [0.5, 0.6) is 5.75 Å². The van der Waals surface area contributed by atoms with Crippen molar-refractivity contribution in [2.45, 2.75) is 26.4 Å². The Hall–Kier alpha value is -0.770. The predicted octanol–water partition coefficient (Wildman–Crippen LogP) is 2.42. The van der Waals surface area contributed by atoms with Gasteiger partial charge in [-0.15, -0.1) is 0 Å². The Morgan fingerprint density at radius 3 is 2.59 bits per heavy atom. The van der Waals surface area contributed by atoms with Crippen LogP contribution in [0.4, 0.5) is 0 Å². The lowest BCUT2D eigenvalue weighted by Crippen LogP contribution is -2.39. The molecule has 17 heavy (non-hydrogen) atoms. The van der Waals surface area contributed by atoms with Crippen molar-refractivity contribution in [3.8, 4) is 5.75 Å². The van der Waals surface area contributed by atoms with Crippen LogP contribution in [0.25, 0.3) is 0 Å². The Bertz CT molecular complexity index is 355. The van der Waals surface area contributed by atoms with Crippen molar-refractivity contribution in [3.05, 3.63) is 28.8 Å². The first-order valence-corrected chi connectivity index (χ1v) is 6.22. The Kier molecular flexibility index (Phi) is 5.75. The van der Waals surface area contributed by atoms with Gasteiger partial charge in [0.25, 0.3) is 0 Å². The van der Waals surface area contributed by atoms with Crippen molar-refractivity contribution < 1.29 is 4.74 Å². The summed E-state index contributed by atoms with van der Waals surface area (Å²) in [6.07, 6.45) is 0. The van der Waals surface area contributed by atoms with Crippen molar-refractivity contribution in [2.75, 3.05) is 13.7 Å². The van der Waals surface area contributed by atoms with E-state index in [1.165, 1.54) is 0 Å². The number of methoxy groups -OCH3 is 1. The Morgan fingerprint density at radius 1 is 1.41 bits per heavy atom. The van der Waals surface area contributed by atoms with Crippen LogP contribution < -0.4 is 15.8 Å². The zero-order valence-electron chi connectivity index (χ0n) is 10.7. The van der Waals surface area contributed by atoms with Crippen molar-refractivity contribution in [1.82, 2.24) is 5.32 Å². The molecule has 4 heteroatoms. The molecule has 0 fully saturated rings. The minimum atomic E-state index is 0.330. The number of hydrogen-bond acceptors (Lipinski definition) is 3. The molecule has 0 spiro atoms. The molecule has 0 aromatic heterocycles. The lowest BCUT2D eigenvalue weighted by molar-refractivity contribution is 0.403. The molecule has 0 bridgehead atoms. The second kappa shape index (κ2) is 6.84.